The molecule has 0 unspecified atom stereocenters. The van der Waals surface area contributed by atoms with Crippen LogP contribution in [0.15, 0.2) is 223 Å². The minimum Gasteiger partial charge on any atom is -0.465 e. The first kappa shape index (κ1) is 59.0. The summed E-state index contributed by atoms with van der Waals surface area (Å²) in [6.07, 6.45) is 6.74. The first-order valence-electron chi connectivity index (χ1n) is 22.4. The lowest BCUT2D eigenvalue weighted by molar-refractivity contribution is 0.0591. The van der Waals surface area contributed by atoms with Crippen LogP contribution in [0.5, 0.6) is 0 Å². The highest BCUT2D eigenvalue weighted by Gasteiger charge is 2.11. The van der Waals surface area contributed by atoms with Gasteiger partial charge in [0.1, 0.15) is 0 Å². The minimum atomic E-state index is -0.562. The van der Waals surface area contributed by atoms with E-state index in [2.05, 4.69) is 62.4 Å². The smallest absolute Gasteiger partial charge is 0.339 e. The number of carbonyl (C=O) groups is 4. The molecule has 2 amide bonds. The molecule has 0 radical (unpaired) electrons. The molecule has 8 aromatic rings. The predicted molar refractivity (Wildman–Crippen MR) is 294 cm³/mol. The number of halogens is 1. The van der Waals surface area contributed by atoms with Gasteiger partial charge in [0, 0.05) is 37.9 Å². The molecule has 0 aliphatic rings. The van der Waals surface area contributed by atoms with Crippen molar-refractivity contribution in [3.8, 4) is 36.0 Å². The number of benzene rings is 8. The molecule has 10 nitrogen and oxygen atoms in total. The number of rotatable bonds is 7. The third-order valence-corrected chi connectivity index (χ3v) is 10.6. The van der Waals surface area contributed by atoms with E-state index in [1.807, 2.05) is 140 Å². The molecule has 0 atom stereocenters. The molecule has 372 valence electrons. The standard InChI is InChI=1S/C16H12O2.C15H15NO2.C15H11NO2.C8H7BrO2.C8H6.CH4/c1-18-16(17)15-10-6-5-9-14(15)12-11-13-7-3-2-4-8-13;2*17-15(16-18)14-9-5-4-8-13(14)11-10-12-6-2-1-3-7-12;1-11-8(10)6-4-2-3-5-7(6)9;1-2-8-6-4-3-5-7-8;/h2-10H,1H3;1-9,18H,10-11H2,(H,16,17);1-9,18H,(H,16,17);2-5H,1H3;1,3-7H;1H4. The average molecular weight is 1050 g/mol. The first-order valence-corrected chi connectivity index (χ1v) is 23.2. The third-order valence-electron chi connectivity index (χ3n) is 9.95. The van der Waals surface area contributed by atoms with Gasteiger partial charge in [-0.15, -0.1) is 6.42 Å². The summed E-state index contributed by atoms with van der Waals surface area (Å²) < 4.78 is 10.0. The normalized spacial score (nSPS) is 9.14. The number of hydrogen-bond acceptors (Lipinski definition) is 8. The van der Waals surface area contributed by atoms with Gasteiger partial charge in [0.25, 0.3) is 11.8 Å². The van der Waals surface area contributed by atoms with Crippen molar-refractivity contribution in [3.63, 3.8) is 0 Å². The number of nitrogens with one attached hydrogen (secondary N) is 2. The Balaban J connectivity index is 0.000000250. The van der Waals surface area contributed by atoms with Crippen LogP contribution in [-0.4, -0.2) is 48.4 Å². The molecule has 0 fully saturated rings. The second-order valence-corrected chi connectivity index (χ2v) is 15.7. The van der Waals surface area contributed by atoms with Crippen molar-refractivity contribution >= 4 is 39.7 Å². The summed E-state index contributed by atoms with van der Waals surface area (Å²) in [7, 11) is 2.73. The van der Waals surface area contributed by atoms with Crippen LogP contribution in [-0.2, 0) is 22.3 Å². The Morgan fingerprint density at radius 2 is 0.811 bits per heavy atom. The Kier molecular flexibility index (Phi) is 27.2. The Morgan fingerprint density at radius 3 is 1.27 bits per heavy atom. The van der Waals surface area contributed by atoms with E-state index >= 15 is 0 Å². The lowest BCUT2D eigenvalue weighted by atomic mass is 9.99. The van der Waals surface area contributed by atoms with Crippen molar-refractivity contribution in [2.75, 3.05) is 14.2 Å². The molecule has 0 aliphatic carbocycles. The van der Waals surface area contributed by atoms with Gasteiger partial charge in [0.2, 0.25) is 0 Å². The summed E-state index contributed by atoms with van der Waals surface area (Å²) >= 11 is 3.24. The number of ether oxygens (including phenoxy) is 2. The van der Waals surface area contributed by atoms with Crippen LogP contribution < -0.4 is 11.0 Å². The summed E-state index contributed by atoms with van der Waals surface area (Å²) in [6.45, 7) is 0. The number of carbonyl (C=O) groups excluding carboxylic acids is 4. The van der Waals surface area contributed by atoms with Crippen LogP contribution in [0.3, 0.4) is 0 Å². The fourth-order valence-electron chi connectivity index (χ4n) is 6.27. The van der Waals surface area contributed by atoms with Gasteiger partial charge in [-0.3, -0.25) is 20.0 Å². The average Bonchev–Trinajstić information content (AvgIpc) is 3.46. The monoisotopic (exact) mass is 1050 g/mol. The van der Waals surface area contributed by atoms with Gasteiger partial charge in [-0.1, -0.05) is 177 Å². The number of esters is 2. The highest BCUT2D eigenvalue weighted by Crippen LogP contribution is 2.17. The van der Waals surface area contributed by atoms with Crippen LogP contribution in [0.1, 0.15) is 87.8 Å². The molecule has 11 heteroatoms. The van der Waals surface area contributed by atoms with Crippen LogP contribution in [0.4, 0.5) is 0 Å². The van der Waals surface area contributed by atoms with Crippen molar-refractivity contribution in [1.29, 1.82) is 0 Å². The minimum absolute atomic E-state index is 0. The number of aryl methyl sites for hydroxylation is 2. The molecule has 8 aromatic carbocycles. The van der Waals surface area contributed by atoms with Crippen LogP contribution in [0.2, 0.25) is 0 Å². The maximum absolute atomic E-state index is 11.6. The molecule has 0 bridgehead atoms. The molecule has 4 N–H and O–H groups in total. The summed E-state index contributed by atoms with van der Waals surface area (Å²) in [5, 5.41) is 17.3. The van der Waals surface area contributed by atoms with E-state index < -0.39 is 11.8 Å². The van der Waals surface area contributed by atoms with Crippen molar-refractivity contribution in [2.24, 2.45) is 0 Å². The Labute approximate surface area is 442 Å². The first-order chi connectivity index (χ1) is 35.6. The largest absolute Gasteiger partial charge is 0.465 e. The second-order valence-electron chi connectivity index (χ2n) is 14.8. The third kappa shape index (κ3) is 20.6. The van der Waals surface area contributed by atoms with Gasteiger partial charge in [0.05, 0.1) is 30.9 Å². The summed E-state index contributed by atoms with van der Waals surface area (Å²) in [6, 6.07) is 67.3. The van der Waals surface area contributed by atoms with E-state index in [1.165, 1.54) is 19.8 Å². The van der Waals surface area contributed by atoms with Gasteiger partial charge in [-0.05, 0) is 119 Å². The SMILES string of the molecule is C.C#Cc1ccccc1.COC(=O)c1ccccc1Br.COC(=O)c1ccccc1C#Cc1ccccc1.O=C(NO)c1ccccc1C#Cc1ccccc1.O=C(NO)c1ccccc1CCc1ccccc1. The van der Waals surface area contributed by atoms with Gasteiger partial charge < -0.3 is 9.47 Å². The number of hydroxylamine groups is 2. The number of methoxy groups -OCH3 is 2. The molecular formula is C63H55BrN2O8. The molecular weight excluding hydrogens is 993 g/mol. The molecule has 0 spiro atoms. The summed E-state index contributed by atoms with van der Waals surface area (Å²) in [4.78, 5) is 45.4. The molecule has 0 heterocycles. The van der Waals surface area contributed by atoms with E-state index in [0.717, 1.165) is 39.6 Å². The van der Waals surface area contributed by atoms with Crippen molar-refractivity contribution in [3.05, 3.63) is 284 Å². The number of terminal acetylenes is 1. The maximum atomic E-state index is 11.6. The van der Waals surface area contributed by atoms with E-state index in [4.69, 9.17) is 21.6 Å². The molecule has 0 saturated carbocycles. The van der Waals surface area contributed by atoms with Gasteiger partial charge in [-0.25, -0.2) is 20.5 Å². The van der Waals surface area contributed by atoms with E-state index in [0.29, 0.717) is 33.4 Å². The second kappa shape index (κ2) is 34.1. The summed E-state index contributed by atoms with van der Waals surface area (Å²) in [5.74, 6) is 12.7. The predicted octanol–water partition coefficient (Wildman–Crippen LogP) is 12.2. The Bertz CT molecular complexity index is 3060. The van der Waals surface area contributed by atoms with Crippen LogP contribution in [0.25, 0.3) is 0 Å². The highest BCUT2D eigenvalue weighted by atomic mass is 79.9. The molecule has 8 rings (SSSR count). The lowest BCUT2D eigenvalue weighted by Gasteiger charge is -2.07. The number of amides is 2. The van der Waals surface area contributed by atoms with Crippen molar-refractivity contribution < 1.29 is 39.1 Å². The zero-order chi connectivity index (χ0) is 52.5. The topological polar surface area (TPSA) is 151 Å². The van der Waals surface area contributed by atoms with Gasteiger partial charge in [0.15, 0.2) is 0 Å². The Morgan fingerprint density at radius 1 is 0.446 bits per heavy atom. The van der Waals surface area contributed by atoms with Crippen LogP contribution in [0, 0.1) is 36.0 Å². The fourth-order valence-corrected chi connectivity index (χ4v) is 6.71. The molecule has 0 aromatic heterocycles. The zero-order valence-corrected chi connectivity index (χ0v) is 41.6. The van der Waals surface area contributed by atoms with E-state index in [9.17, 15) is 19.2 Å². The van der Waals surface area contributed by atoms with E-state index in [-0.39, 0.29) is 19.4 Å². The fraction of sp³-hybridized carbons (Fsp3) is 0.0794. The van der Waals surface area contributed by atoms with Gasteiger partial charge >= 0.3 is 11.9 Å². The van der Waals surface area contributed by atoms with Crippen molar-refractivity contribution in [1.82, 2.24) is 11.0 Å². The number of hydrogen-bond donors (Lipinski definition) is 4. The summed E-state index contributed by atoms with van der Waals surface area (Å²) in [5.41, 5.74) is 11.4. The van der Waals surface area contributed by atoms with E-state index in [1.54, 1.807) is 77.7 Å². The highest BCUT2D eigenvalue weighted by molar-refractivity contribution is 9.10. The zero-order valence-electron chi connectivity index (χ0n) is 40.0. The molecule has 0 saturated heterocycles. The molecule has 0 aliphatic heterocycles. The Hall–Kier alpha value is -9.28. The molecule has 74 heavy (non-hydrogen) atoms. The maximum Gasteiger partial charge on any atom is 0.339 e. The lowest BCUT2D eigenvalue weighted by Crippen LogP contribution is -2.20. The van der Waals surface area contributed by atoms with Gasteiger partial charge in [-0.2, -0.15) is 0 Å². The quantitative estimate of drug-likeness (QED) is 0.0533. The van der Waals surface area contributed by atoms with Crippen molar-refractivity contribution in [2.45, 2.75) is 20.3 Å². The van der Waals surface area contributed by atoms with Crippen LogP contribution >= 0.6 is 15.9 Å².